The molecule has 0 atom stereocenters. The molecule has 1 saturated carbocycles. The van der Waals surface area contributed by atoms with Gasteiger partial charge in [0, 0.05) is 22.4 Å². The van der Waals surface area contributed by atoms with Crippen LogP contribution in [0.2, 0.25) is 0 Å². The van der Waals surface area contributed by atoms with Gasteiger partial charge in [0.25, 0.3) is 5.91 Å². The van der Waals surface area contributed by atoms with Gasteiger partial charge in [0.05, 0.1) is 6.54 Å². The number of nitrogens with one attached hydrogen (secondary N) is 1. The van der Waals surface area contributed by atoms with Crippen molar-refractivity contribution in [1.82, 2.24) is 5.32 Å². The van der Waals surface area contributed by atoms with Crippen LogP contribution >= 0.6 is 11.8 Å². The average Bonchev–Trinajstić information content (AvgIpc) is 3.22. The van der Waals surface area contributed by atoms with Crippen LogP contribution in [0.3, 0.4) is 0 Å². The molecule has 1 aliphatic carbocycles. The van der Waals surface area contributed by atoms with E-state index >= 15 is 0 Å². The summed E-state index contributed by atoms with van der Waals surface area (Å²) in [4.78, 5) is 12.2. The zero-order valence-corrected chi connectivity index (χ0v) is 12.8. The third-order valence-corrected chi connectivity index (χ3v) is 4.90. The van der Waals surface area contributed by atoms with Gasteiger partial charge < -0.3 is 11.1 Å². The predicted molar refractivity (Wildman–Crippen MR) is 84.9 cm³/mol. The Balaban J connectivity index is 2.07. The van der Waals surface area contributed by atoms with Gasteiger partial charge in [0.2, 0.25) is 0 Å². The molecule has 3 nitrogen and oxygen atoms in total. The van der Waals surface area contributed by atoms with Gasteiger partial charge in [-0.25, -0.2) is 0 Å². The summed E-state index contributed by atoms with van der Waals surface area (Å²) in [6, 6.07) is 5.68. The van der Waals surface area contributed by atoms with E-state index in [1.54, 1.807) is 0 Å². The highest BCUT2D eigenvalue weighted by atomic mass is 32.2. The number of thioether (sulfide) groups is 1. The van der Waals surface area contributed by atoms with E-state index < -0.39 is 0 Å². The number of hydrogen-bond acceptors (Lipinski definition) is 3. The summed E-state index contributed by atoms with van der Waals surface area (Å²) in [6.45, 7) is 3.03. The Morgan fingerprint density at radius 1 is 1.45 bits per heavy atom. The molecule has 0 heterocycles. The second-order valence-corrected chi connectivity index (χ2v) is 6.44. The Bertz CT molecular complexity index is 568. The van der Waals surface area contributed by atoms with Crippen molar-refractivity contribution in [2.45, 2.75) is 24.5 Å². The molecule has 3 N–H and O–H groups in total. The lowest BCUT2D eigenvalue weighted by molar-refractivity contribution is 0.0953. The number of carbonyl (C=O) groups excluding carboxylic acids is 1. The smallest absolute Gasteiger partial charge is 0.251 e. The molecule has 1 aliphatic rings. The summed E-state index contributed by atoms with van der Waals surface area (Å²) in [6.07, 6.45) is 4.48. The van der Waals surface area contributed by atoms with Crippen molar-refractivity contribution >= 4 is 17.7 Å². The molecule has 0 aliphatic heterocycles. The van der Waals surface area contributed by atoms with Gasteiger partial charge in [-0.1, -0.05) is 11.8 Å². The summed E-state index contributed by atoms with van der Waals surface area (Å²) in [5, 5.41) is 3.03. The lowest BCUT2D eigenvalue weighted by Crippen LogP contribution is -2.31. The van der Waals surface area contributed by atoms with E-state index in [2.05, 4.69) is 23.4 Å². The van der Waals surface area contributed by atoms with Crippen molar-refractivity contribution in [1.29, 1.82) is 0 Å². The van der Waals surface area contributed by atoms with Gasteiger partial charge in [0.1, 0.15) is 0 Å². The van der Waals surface area contributed by atoms with E-state index in [0.717, 1.165) is 17.7 Å². The summed E-state index contributed by atoms with van der Waals surface area (Å²) in [5.74, 6) is 5.77. The van der Waals surface area contributed by atoms with Crippen molar-refractivity contribution in [2.75, 3.05) is 19.3 Å². The fourth-order valence-corrected chi connectivity index (χ4v) is 2.80. The molecule has 0 aromatic heterocycles. The number of nitrogens with two attached hydrogens (primary N) is 1. The van der Waals surface area contributed by atoms with Gasteiger partial charge in [-0.3, -0.25) is 4.79 Å². The van der Waals surface area contributed by atoms with Crippen molar-refractivity contribution in [3.8, 4) is 11.8 Å². The minimum absolute atomic E-state index is 0.0233. The number of rotatable bonds is 4. The van der Waals surface area contributed by atoms with E-state index in [0.29, 0.717) is 12.1 Å². The largest absolute Gasteiger partial charge is 0.351 e. The zero-order chi connectivity index (χ0) is 14.6. The number of amides is 1. The fourth-order valence-electron chi connectivity index (χ4n) is 2.08. The Morgan fingerprint density at radius 3 is 2.80 bits per heavy atom. The van der Waals surface area contributed by atoms with Crippen LogP contribution in [0.5, 0.6) is 0 Å². The maximum absolute atomic E-state index is 12.2. The molecule has 1 aromatic rings. The first-order valence-electron chi connectivity index (χ1n) is 6.72. The second-order valence-electron chi connectivity index (χ2n) is 5.16. The van der Waals surface area contributed by atoms with Gasteiger partial charge >= 0.3 is 0 Å². The maximum Gasteiger partial charge on any atom is 0.251 e. The molecule has 1 amide bonds. The first-order valence-corrected chi connectivity index (χ1v) is 7.95. The number of hydrogen-bond donors (Lipinski definition) is 2. The van der Waals surface area contributed by atoms with E-state index in [9.17, 15) is 4.79 Å². The summed E-state index contributed by atoms with van der Waals surface area (Å²) < 4.78 is 0.279. The van der Waals surface area contributed by atoms with E-state index in [-0.39, 0.29) is 10.7 Å². The number of carbonyl (C=O) groups is 1. The number of benzene rings is 1. The van der Waals surface area contributed by atoms with Gasteiger partial charge in [-0.05, 0) is 49.8 Å². The first kappa shape index (κ1) is 15.0. The molecule has 20 heavy (non-hydrogen) atoms. The van der Waals surface area contributed by atoms with Crippen molar-refractivity contribution in [3.05, 3.63) is 34.9 Å². The topological polar surface area (TPSA) is 55.1 Å². The molecule has 1 aromatic carbocycles. The molecule has 0 spiro atoms. The van der Waals surface area contributed by atoms with Crippen LogP contribution in [0.15, 0.2) is 18.2 Å². The van der Waals surface area contributed by atoms with Crippen LogP contribution in [-0.2, 0) is 0 Å². The second kappa shape index (κ2) is 6.34. The highest BCUT2D eigenvalue weighted by Gasteiger charge is 2.41. The van der Waals surface area contributed by atoms with Gasteiger partial charge in [-0.15, -0.1) is 0 Å². The van der Waals surface area contributed by atoms with Crippen molar-refractivity contribution in [2.24, 2.45) is 5.73 Å². The molecule has 0 bridgehead atoms. The molecular formula is C16H20N2OS. The normalized spacial score (nSPS) is 15.2. The fraction of sp³-hybridized carbons (Fsp3) is 0.438. The van der Waals surface area contributed by atoms with Crippen molar-refractivity contribution < 1.29 is 4.79 Å². The molecule has 0 unspecified atom stereocenters. The lowest BCUT2D eigenvalue weighted by Gasteiger charge is -2.13. The highest BCUT2D eigenvalue weighted by Crippen LogP contribution is 2.46. The minimum Gasteiger partial charge on any atom is -0.351 e. The predicted octanol–water partition coefficient (Wildman–Crippen LogP) is 1.93. The van der Waals surface area contributed by atoms with Crippen LogP contribution in [0.1, 0.15) is 34.3 Å². The van der Waals surface area contributed by atoms with Crippen LogP contribution in [0, 0.1) is 18.8 Å². The van der Waals surface area contributed by atoms with Crippen LogP contribution < -0.4 is 11.1 Å². The minimum atomic E-state index is -0.0233. The summed E-state index contributed by atoms with van der Waals surface area (Å²) in [7, 11) is 0. The lowest BCUT2D eigenvalue weighted by atomic mass is 10.1. The molecular weight excluding hydrogens is 268 g/mol. The summed E-state index contributed by atoms with van der Waals surface area (Å²) >= 11 is 1.84. The van der Waals surface area contributed by atoms with Gasteiger partial charge in [0.15, 0.2) is 0 Å². The molecule has 4 heteroatoms. The molecule has 106 valence electrons. The van der Waals surface area contributed by atoms with Gasteiger partial charge in [-0.2, -0.15) is 11.8 Å². The van der Waals surface area contributed by atoms with E-state index in [4.69, 9.17) is 5.73 Å². The molecule has 0 radical (unpaired) electrons. The molecule has 2 rings (SSSR count). The van der Waals surface area contributed by atoms with Crippen LogP contribution in [-0.4, -0.2) is 30.0 Å². The third-order valence-electron chi connectivity index (χ3n) is 3.49. The summed E-state index contributed by atoms with van der Waals surface area (Å²) in [5.41, 5.74) is 7.92. The Hall–Kier alpha value is -1.44. The molecule has 0 saturated heterocycles. The van der Waals surface area contributed by atoms with Crippen LogP contribution in [0.4, 0.5) is 0 Å². The third kappa shape index (κ3) is 3.78. The van der Waals surface area contributed by atoms with Crippen LogP contribution in [0.25, 0.3) is 0 Å². The highest BCUT2D eigenvalue weighted by molar-refractivity contribution is 8.00. The Labute approximate surface area is 124 Å². The Kier molecular flexibility index (Phi) is 4.74. The SMILES string of the molecule is CSC1(CNC(=O)c2cc(C)cc(C#CCN)c2)CC1. The van der Waals surface area contributed by atoms with Crippen molar-refractivity contribution in [3.63, 3.8) is 0 Å². The zero-order valence-electron chi connectivity index (χ0n) is 12.0. The number of aryl methyl sites for hydroxylation is 1. The molecule has 1 fully saturated rings. The first-order chi connectivity index (χ1) is 9.58. The van der Waals surface area contributed by atoms with E-state index in [1.165, 1.54) is 12.8 Å². The monoisotopic (exact) mass is 288 g/mol. The quantitative estimate of drug-likeness (QED) is 0.832. The standard InChI is InChI=1S/C16H20N2OS/c1-12-8-13(4-3-7-17)10-14(9-12)15(19)18-11-16(20-2)5-6-16/h8-10H,5-7,11,17H2,1-2H3,(H,18,19). The Morgan fingerprint density at radius 2 is 2.20 bits per heavy atom. The van der Waals surface area contributed by atoms with E-state index in [1.807, 2.05) is 36.9 Å². The maximum atomic E-state index is 12.2. The average molecular weight is 288 g/mol.